The van der Waals surface area contributed by atoms with E-state index in [1.54, 1.807) is 6.92 Å². The number of amides is 2. The number of rotatable bonds is 9. The molecule has 0 unspecified atom stereocenters. The number of imide groups is 1. The molecule has 0 radical (unpaired) electrons. The smallest absolute Gasteiger partial charge is 0.267 e. The molecule has 0 saturated carbocycles. The molecule has 0 bridgehead atoms. The number of likely N-dealkylation sites (N-methyl/N-ethyl adjacent to an activating group) is 1. The molecule has 1 aliphatic heterocycles. The van der Waals surface area contributed by atoms with Crippen LogP contribution >= 0.6 is 11.8 Å². The van der Waals surface area contributed by atoms with Crippen LogP contribution in [0, 0.1) is 0 Å². The molecule has 102 valence electrons. The molecule has 0 saturated heterocycles. The number of carbonyl (C=O) groups is 2. The van der Waals surface area contributed by atoms with Gasteiger partial charge in [0.05, 0.1) is 24.7 Å². The summed E-state index contributed by atoms with van der Waals surface area (Å²) in [6.45, 7) is 6.52. The Bertz CT molecular complexity index is 330. The maximum atomic E-state index is 11.7. The van der Waals surface area contributed by atoms with Gasteiger partial charge in [-0.05, 0) is 13.8 Å². The van der Waals surface area contributed by atoms with E-state index in [2.05, 4.69) is 0 Å². The minimum atomic E-state index is -0.220. The van der Waals surface area contributed by atoms with Crippen molar-refractivity contribution < 1.29 is 19.1 Å². The molecule has 5 nitrogen and oxygen atoms in total. The van der Waals surface area contributed by atoms with Crippen LogP contribution < -0.4 is 0 Å². The van der Waals surface area contributed by atoms with E-state index in [0.717, 1.165) is 0 Å². The van der Waals surface area contributed by atoms with E-state index in [0.29, 0.717) is 43.6 Å². The van der Waals surface area contributed by atoms with Crippen LogP contribution in [0.1, 0.15) is 13.8 Å². The van der Waals surface area contributed by atoms with Gasteiger partial charge in [0.1, 0.15) is 0 Å². The summed E-state index contributed by atoms with van der Waals surface area (Å²) in [5.74, 6) is 0.248. The molecular weight excluding hydrogens is 254 g/mol. The lowest BCUT2D eigenvalue weighted by atomic mass is 10.5. The summed E-state index contributed by atoms with van der Waals surface area (Å²) in [4.78, 5) is 24.9. The Kier molecular flexibility index (Phi) is 7.00. The predicted octanol–water partition coefficient (Wildman–Crippen LogP) is 1.05. The van der Waals surface area contributed by atoms with Gasteiger partial charge >= 0.3 is 0 Å². The summed E-state index contributed by atoms with van der Waals surface area (Å²) in [5, 5.41) is 0. The Morgan fingerprint density at radius 2 is 1.89 bits per heavy atom. The first-order chi connectivity index (χ1) is 8.70. The van der Waals surface area contributed by atoms with Crippen LogP contribution in [-0.2, 0) is 19.1 Å². The molecule has 0 N–H and O–H groups in total. The van der Waals surface area contributed by atoms with E-state index in [-0.39, 0.29) is 11.8 Å². The first kappa shape index (κ1) is 15.2. The molecule has 0 aliphatic carbocycles. The molecule has 0 aromatic carbocycles. The zero-order chi connectivity index (χ0) is 13.4. The molecule has 0 aromatic heterocycles. The van der Waals surface area contributed by atoms with Crippen molar-refractivity contribution in [3.63, 3.8) is 0 Å². The average Bonchev–Trinajstić information content (AvgIpc) is 2.63. The molecule has 1 heterocycles. The first-order valence-electron chi connectivity index (χ1n) is 6.06. The van der Waals surface area contributed by atoms with Crippen molar-refractivity contribution in [2.45, 2.75) is 13.8 Å². The normalized spacial score (nSPS) is 15.4. The van der Waals surface area contributed by atoms with Crippen LogP contribution in [0.5, 0.6) is 0 Å². The lowest BCUT2D eigenvalue weighted by molar-refractivity contribution is -0.136. The molecule has 1 aliphatic rings. The van der Waals surface area contributed by atoms with E-state index < -0.39 is 0 Å². The van der Waals surface area contributed by atoms with Crippen molar-refractivity contribution in [3.05, 3.63) is 11.0 Å². The van der Waals surface area contributed by atoms with E-state index in [9.17, 15) is 9.59 Å². The fourth-order valence-corrected chi connectivity index (χ4v) is 2.30. The largest absolute Gasteiger partial charge is 0.379 e. The predicted molar refractivity (Wildman–Crippen MR) is 70.2 cm³/mol. The van der Waals surface area contributed by atoms with Crippen LogP contribution in [0.25, 0.3) is 0 Å². The van der Waals surface area contributed by atoms with Crippen LogP contribution in [0.15, 0.2) is 11.0 Å². The van der Waals surface area contributed by atoms with Gasteiger partial charge in [-0.15, -0.1) is 11.8 Å². The summed E-state index contributed by atoms with van der Waals surface area (Å²) in [6.07, 6.45) is 1.40. The monoisotopic (exact) mass is 273 g/mol. The van der Waals surface area contributed by atoms with Crippen molar-refractivity contribution in [3.8, 4) is 0 Å². The minimum absolute atomic E-state index is 0.193. The van der Waals surface area contributed by atoms with Gasteiger partial charge in [0, 0.05) is 25.0 Å². The van der Waals surface area contributed by atoms with E-state index in [1.165, 1.54) is 22.7 Å². The molecule has 1 rings (SSSR count). The highest BCUT2D eigenvalue weighted by molar-refractivity contribution is 8.04. The molecule has 0 aromatic rings. The molecule has 0 spiro atoms. The SMILES string of the molecule is CCOCCOCCSC1=CC(=O)N(CC)C1=O. The Morgan fingerprint density at radius 3 is 2.50 bits per heavy atom. The molecule has 0 fully saturated rings. The molecular formula is C12H19NO4S. The van der Waals surface area contributed by atoms with E-state index in [1.807, 2.05) is 6.92 Å². The van der Waals surface area contributed by atoms with Crippen molar-refractivity contribution >= 4 is 23.6 Å². The second kappa shape index (κ2) is 8.29. The van der Waals surface area contributed by atoms with Gasteiger partial charge in [-0.2, -0.15) is 0 Å². The molecule has 6 heteroatoms. The van der Waals surface area contributed by atoms with Gasteiger partial charge in [-0.1, -0.05) is 0 Å². The highest BCUT2D eigenvalue weighted by Crippen LogP contribution is 2.23. The summed E-state index contributed by atoms with van der Waals surface area (Å²) in [7, 11) is 0. The van der Waals surface area contributed by atoms with Gasteiger partial charge < -0.3 is 9.47 Å². The lowest BCUT2D eigenvalue weighted by Gasteiger charge is -2.10. The maximum Gasteiger partial charge on any atom is 0.267 e. The standard InChI is InChI=1S/C12H19NO4S/c1-3-13-11(14)9-10(12(13)15)18-8-7-17-6-5-16-4-2/h9H,3-8H2,1-2H3. The highest BCUT2D eigenvalue weighted by atomic mass is 32.2. The fourth-order valence-electron chi connectivity index (χ4n) is 1.46. The van der Waals surface area contributed by atoms with Crippen LogP contribution in [0.4, 0.5) is 0 Å². The van der Waals surface area contributed by atoms with E-state index in [4.69, 9.17) is 9.47 Å². The number of hydrogen-bond acceptors (Lipinski definition) is 5. The Balaban J connectivity index is 2.15. The van der Waals surface area contributed by atoms with Crippen molar-refractivity contribution in [1.82, 2.24) is 4.90 Å². The second-order valence-corrected chi connectivity index (χ2v) is 4.69. The Morgan fingerprint density at radius 1 is 1.17 bits per heavy atom. The number of carbonyl (C=O) groups excluding carboxylic acids is 2. The third-order valence-corrected chi connectivity index (χ3v) is 3.33. The van der Waals surface area contributed by atoms with Gasteiger partial charge in [-0.3, -0.25) is 14.5 Å². The summed E-state index contributed by atoms with van der Waals surface area (Å²) in [5.41, 5.74) is 0. The van der Waals surface area contributed by atoms with Crippen molar-refractivity contribution in [1.29, 1.82) is 0 Å². The molecule has 2 amide bonds. The zero-order valence-electron chi connectivity index (χ0n) is 10.8. The maximum absolute atomic E-state index is 11.7. The number of thioether (sulfide) groups is 1. The Labute approximate surface area is 111 Å². The number of hydrogen-bond donors (Lipinski definition) is 0. The van der Waals surface area contributed by atoms with Gasteiger partial charge in [0.25, 0.3) is 11.8 Å². The molecule has 0 atom stereocenters. The third kappa shape index (κ3) is 4.44. The number of nitrogens with zero attached hydrogens (tertiary/aromatic N) is 1. The summed E-state index contributed by atoms with van der Waals surface area (Å²) in [6, 6.07) is 0. The summed E-state index contributed by atoms with van der Waals surface area (Å²) < 4.78 is 10.5. The van der Waals surface area contributed by atoms with Gasteiger partial charge in [0.15, 0.2) is 0 Å². The van der Waals surface area contributed by atoms with Crippen LogP contribution in [0.3, 0.4) is 0 Å². The van der Waals surface area contributed by atoms with Gasteiger partial charge in [0.2, 0.25) is 0 Å². The third-order valence-electron chi connectivity index (χ3n) is 2.35. The zero-order valence-corrected chi connectivity index (χ0v) is 11.6. The fraction of sp³-hybridized carbons (Fsp3) is 0.667. The first-order valence-corrected chi connectivity index (χ1v) is 7.05. The average molecular weight is 273 g/mol. The number of ether oxygens (including phenoxy) is 2. The van der Waals surface area contributed by atoms with Crippen LogP contribution in [0.2, 0.25) is 0 Å². The summed E-state index contributed by atoms with van der Waals surface area (Å²) >= 11 is 1.36. The van der Waals surface area contributed by atoms with Gasteiger partial charge in [-0.25, -0.2) is 0 Å². The second-order valence-electron chi connectivity index (χ2n) is 3.55. The van der Waals surface area contributed by atoms with E-state index >= 15 is 0 Å². The lowest BCUT2D eigenvalue weighted by Crippen LogP contribution is -2.30. The quantitative estimate of drug-likeness (QED) is 0.464. The highest BCUT2D eigenvalue weighted by Gasteiger charge is 2.29. The Hall–Kier alpha value is -0.850. The van der Waals surface area contributed by atoms with Crippen molar-refractivity contribution in [2.24, 2.45) is 0 Å². The van der Waals surface area contributed by atoms with Crippen LogP contribution in [-0.4, -0.2) is 55.4 Å². The topological polar surface area (TPSA) is 55.8 Å². The molecule has 18 heavy (non-hydrogen) atoms. The minimum Gasteiger partial charge on any atom is -0.379 e. The van der Waals surface area contributed by atoms with Crippen molar-refractivity contribution in [2.75, 3.05) is 38.7 Å².